The van der Waals surface area contributed by atoms with Crippen molar-refractivity contribution in [3.8, 4) is 12.1 Å². The molecule has 2 N–H and O–H groups in total. The first-order valence-corrected chi connectivity index (χ1v) is 7.17. The van der Waals surface area contributed by atoms with Gasteiger partial charge in [0.25, 0.3) is 0 Å². The third-order valence-corrected chi connectivity index (χ3v) is 5.01. The van der Waals surface area contributed by atoms with Crippen LogP contribution in [0.5, 0.6) is 0 Å². The Morgan fingerprint density at radius 2 is 2.00 bits per heavy atom. The summed E-state index contributed by atoms with van der Waals surface area (Å²) < 4.78 is 0. The second kappa shape index (κ2) is 4.75. The zero-order valence-corrected chi connectivity index (χ0v) is 12.3. The van der Waals surface area contributed by atoms with Crippen LogP contribution in [0.2, 0.25) is 0 Å². The predicted octanol–water partition coefficient (Wildman–Crippen LogP) is 2.95. The summed E-state index contributed by atoms with van der Waals surface area (Å²) in [7, 11) is 0. The Morgan fingerprint density at radius 1 is 1.32 bits per heavy atom. The van der Waals surface area contributed by atoms with E-state index in [-0.39, 0.29) is 5.41 Å². The highest BCUT2D eigenvalue weighted by Gasteiger charge is 2.34. The lowest BCUT2D eigenvalue weighted by Crippen LogP contribution is -2.25. The number of nitrogens with zero attached hydrogens (tertiary/aromatic N) is 3. The van der Waals surface area contributed by atoms with Crippen molar-refractivity contribution in [2.45, 2.75) is 27.2 Å². The van der Waals surface area contributed by atoms with Crippen LogP contribution in [-0.2, 0) is 0 Å². The number of hydrogen-bond donors (Lipinski definition) is 1. The quantitative estimate of drug-likeness (QED) is 0.854. The van der Waals surface area contributed by atoms with Gasteiger partial charge in [-0.3, -0.25) is 0 Å². The fraction of sp³-hybridized carbons (Fsp3) is 0.571. The summed E-state index contributed by atoms with van der Waals surface area (Å²) in [5.41, 5.74) is 6.92. The molecule has 0 radical (unpaired) electrons. The molecule has 0 spiro atoms. The van der Waals surface area contributed by atoms with Crippen molar-refractivity contribution in [3.63, 3.8) is 0 Å². The molecule has 100 valence electrons. The van der Waals surface area contributed by atoms with Crippen molar-refractivity contribution in [2.24, 2.45) is 11.3 Å². The standard InChI is InChI=1S/C14H18N4S/c1-14(2,3)9-4-5-18(8-9)13-10(6-15)12(17)11(7-16)19-13/h9H,4-5,8,17H2,1-3H3. The van der Waals surface area contributed by atoms with Crippen molar-refractivity contribution >= 4 is 22.0 Å². The van der Waals surface area contributed by atoms with Crippen molar-refractivity contribution < 1.29 is 0 Å². The molecular formula is C14H18N4S. The zero-order chi connectivity index (χ0) is 14.2. The Hall–Kier alpha value is -1.72. The predicted molar refractivity (Wildman–Crippen MR) is 77.9 cm³/mol. The maximum atomic E-state index is 9.23. The molecular weight excluding hydrogens is 256 g/mol. The third kappa shape index (κ3) is 2.39. The minimum absolute atomic E-state index is 0.266. The van der Waals surface area contributed by atoms with Crippen LogP contribution in [0.1, 0.15) is 37.6 Å². The molecule has 4 nitrogen and oxygen atoms in total. The third-order valence-electron chi connectivity index (χ3n) is 3.84. The molecule has 1 aliphatic heterocycles. The molecule has 0 bridgehead atoms. The van der Waals surface area contributed by atoms with E-state index in [0.29, 0.717) is 22.0 Å². The molecule has 1 unspecified atom stereocenters. The number of rotatable bonds is 1. The molecule has 1 aromatic rings. The van der Waals surface area contributed by atoms with E-state index in [9.17, 15) is 5.26 Å². The van der Waals surface area contributed by atoms with Crippen molar-refractivity contribution in [1.82, 2.24) is 0 Å². The summed E-state index contributed by atoms with van der Waals surface area (Å²) in [4.78, 5) is 2.65. The maximum absolute atomic E-state index is 9.23. The number of anilines is 2. The van der Waals surface area contributed by atoms with Crippen LogP contribution in [0.15, 0.2) is 0 Å². The average Bonchev–Trinajstić information content (AvgIpc) is 2.92. The van der Waals surface area contributed by atoms with E-state index in [2.05, 4.69) is 37.8 Å². The SMILES string of the molecule is CC(C)(C)C1CCN(c2sc(C#N)c(N)c2C#N)C1. The maximum Gasteiger partial charge on any atom is 0.131 e. The van der Waals surface area contributed by atoms with Crippen LogP contribution in [0.25, 0.3) is 0 Å². The minimum Gasteiger partial charge on any atom is -0.396 e. The largest absolute Gasteiger partial charge is 0.396 e. The van der Waals surface area contributed by atoms with Gasteiger partial charge in [-0.05, 0) is 17.8 Å². The van der Waals surface area contributed by atoms with E-state index >= 15 is 0 Å². The van der Waals surface area contributed by atoms with E-state index in [1.54, 1.807) is 0 Å². The second-order valence-corrected chi connectivity index (χ2v) is 7.05. The normalized spacial score (nSPS) is 19.2. The minimum atomic E-state index is 0.266. The van der Waals surface area contributed by atoms with Crippen LogP contribution < -0.4 is 10.6 Å². The van der Waals surface area contributed by atoms with E-state index < -0.39 is 0 Å². The summed E-state index contributed by atoms with van der Waals surface area (Å²) >= 11 is 1.34. The monoisotopic (exact) mass is 274 g/mol. The van der Waals surface area contributed by atoms with Gasteiger partial charge in [-0.1, -0.05) is 20.8 Å². The van der Waals surface area contributed by atoms with Crippen LogP contribution >= 0.6 is 11.3 Å². The van der Waals surface area contributed by atoms with Gasteiger partial charge in [0.05, 0.1) is 5.69 Å². The first-order chi connectivity index (χ1) is 8.88. The average molecular weight is 274 g/mol. The van der Waals surface area contributed by atoms with Gasteiger partial charge in [0.1, 0.15) is 27.6 Å². The van der Waals surface area contributed by atoms with Gasteiger partial charge >= 0.3 is 0 Å². The molecule has 0 aliphatic carbocycles. The zero-order valence-electron chi connectivity index (χ0n) is 11.5. The van der Waals surface area contributed by atoms with Gasteiger partial charge in [0.2, 0.25) is 0 Å². The molecule has 0 saturated carbocycles. The van der Waals surface area contributed by atoms with Crippen LogP contribution in [0.4, 0.5) is 10.7 Å². The Bertz CT molecular complexity index is 568. The summed E-state index contributed by atoms with van der Waals surface area (Å²) in [5.74, 6) is 0.605. The Balaban J connectivity index is 2.31. The molecule has 1 atom stereocenters. The van der Waals surface area contributed by atoms with Gasteiger partial charge in [-0.25, -0.2) is 0 Å². The number of hydrogen-bond acceptors (Lipinski definition) is 5. The molecule has 19 heavy (non-hydrogen) atoms. The molecule has 1 fully saturated rings. The van der Waals surface area contributed by atoms with Crippen LogP contribution in [0, 0.1) is 34.0 Å². The lowest BCUT2D eigenvalue weighted by molar-refractivity contribution is 0.263. The number of nitrogen functional groups attached to an aromatic ring is 1. The highest BCUT2D eigenvalue weighted by Crippen LogP contribution is 2.42. The highest BCUT2D eigenvalue weighted by atomic mass is 32.1. The van der Waals surface area contributed by atoms with E-state index in [0.717, 1.165) is 24.5 Å². The van der Waals surface area contributed by atoms with E-state index in [1.807, 2.05) is 0 Å². The van der Waals surface area contributed by atoms with Crippen molar-refractivity contribution in [1.29, 1.82) is 10.5 Å². The smallest absolute Gasteiger partial charge is 0.131 e. The molecule has 1 aromatic heterocycles. The Morgan fingerprint density at radius 3 is 2.47 bits per heavy atom. The second-order valence-electron chi connectivity index (χ2n) is 6.05. The molecule has 5 heteroatoms. The van der Waals surface area contributed by atoms with E-state index in [1.165, 1.54) is 11.3 Å². The number of thiophene rings is 1. The number of nitriles is 2. The van der Waals surface area contributed by atoms with E-state index in [4.69, 9.17) is 11.0 Å². The fourth-order valence-corrected chi connectivity index (χ4v) is 3.50. The van der Waals surface area contributed by atoms with Gasteiger partial charge in [-0.15, -0.1) is 11.3 Å². The molecule has 1 saturated heterocycles. The molecule has 1 aliphatic rings. The fourth-order valence-electron chi connectivity index (χ4n) is 2.50. The van der Waals surface area contributed by atoms with Gasteiger partial charge < -0.3 is 10.6 Å². The lowest BCUT2D eigenvalue weighted by atomic mass is 9.80. The summed E-state index contributed by atoms with van der Waals surface area (Å²) in [6.45, 7) is 8.60. The highest BCUT2D eigenvalue weighted by molar-refractivity contribution is 7.17. The molecule has 0 aromatic carbocycles. The topological polar surface area (TPSA) is 76.8 Å². The Labute approximate surface area is 118 Å². The summed E-state index contributed by atoms with van der Waals surface area (Å²) in [6.07, 6.45) is 1.12. The molecule has 0 amide bonds. The van der Waals surface area contributed by atoms with Gasteiger partial charge in [0, 0.05) is 13.1 Å². The lowest BCUT2D eigenvalue weighted by Gasteiger charge is -2.27. The first-order valence-electron chi connectivity index (χ1n) is 6.36. The van der Waals surface area contributed by atoms with Crippen molar-refractivity contribution in [2.75, 3.05) is 23.7 Å². The first kappa shape index (κ1) is 13.7. The van der Waals surface area contributed by atoms with Crippen LogP contribution in [-0.4, -0.2) is 13.1 Å². The number of nitrogens with two attached hydrogens (primary N) is 1. The van der Waals surface area contributed by atoms with Gasteiger partial charge in [-0.2, -0.15) is 10.5 Å². The summed E-state index contributed by atoms with van der Waals surface area (Å²) in [6, 6.07) is 4.21. The van der Waals surface area contributed by atoms with Crippen molar-refractivity contribution in [3.05, 3.63) is 10.4 Å². The Kier molecular flexibility index (Phi) is 3.43. The van der Waals surface area contributed by atoms with Crippen LogP contribution in [0.3, 0.4) is 0 Å². The molecule has 2 rings (SSSR count). The summed E-state index contributed by atoms with van der Waals surface area (Å²) in [5, 5.41) is 19.1. The molecule has 2 heterocycles. The van der Waals surface area contributed by atoms with Gasteiger partial charge in [0.15, 0.2) is 0 Å².